The van der Waals surface area contributed by atoms with Crippen LogP contribution in [0, 0.1) is 11.6 Å². The summed E-state index contributed by atoms with van der Waals surface area (Å²) in [5.41, 5.74) is 1.35. The zero-order valence-electron chi connectivity index (χ0n) is 12.6. The van der Waals surface area contributed by atoms with Crippen molar-refractivity contribution in [3.05, 3.63) is 53.6 Å². The van der Waals surface area contributed by atoms with E-state index in [1.807, 2.05) is 0 Å². The van der Waals surface area contributed by atoms with Crippen LogP contribution in [0.2, 0.25) is 0 Å². The highest BCUT2D eigenvalue weighted by atomic mass is 19.1. The van der Waals surface area contributed by atoms with Crippen LogP contribution in [-0.2, 0) is 4.74 Å². The SMILES string of the molecule is COCCN1CNc2cc(-c3c(F)cccc3F)ccc2C1=O. The summed E-state index contributed by atoms with van der Waals surface area (Å²) in [5.74, 6) is -1.39. The molecule has 0 bridgehead atoms. The molecular weight excluding hydrogens is 302 g/mol. The fourth-order valence-corrected chi connectivity index (χ4v) is 2.61. The third kappa shape index (κ3) is 2.90. The van der Waals surface area contributed by atoms with Gasteiger partial charge in [0.15, 0.2) is 0 Å². The molecule has 0 aliphatic carbocycles. The second-order valence-electron chi connectivity index (χ2n) is 5.25. The first-order valence-corrected chi connectivity index (χ1v) is 7.22. The van der Waals surface area contributed by atoms with Crippen molar-refractivity contribution < 1.29 is 18.3 Å². The Balaban J connectivity index is 1.94. The fourth-order valence-electron chi connectivity index (χ4n) is 2.61. The summed E-state index contributed by atoms with van der Waals surface area (Å²) in [6.45, 7) is 1.26. The highest BCUT2D eigenvalue weighted by molar-refractivity contribution is 6.02. The van der Waals surface area contributed by atoms with E-state index in [0.29, 0.717) is 36.6 Å². The van der Waals surface area contributed by atoms with Crippen LogP contribution in [0.5, 0.6) is 0 Å². The van der Waals surface area contributed by atoms with E-state index in [4.69, 9.17) is 4.74 Å². The lowest BCUT2D eigenvalue weighted by Crippen LogP contribution is -2.41. The number of hydrogen-bond donors (Lipinski definition) is 1. The standard InChI is InChI=1S/C17H16F2N2O2/c1-23-8-7-21-10-20-15-9-11(5-6-12(15)17(21)22)16-13(18)3-2-4-14(16)19/h2-6,9,20H,7-8,10H2,1H3. The largest absolute Gasteiger partial charge is 0.383 e. The minimum Gasteiger partial charge on any atom is -0.383 e. The molecule has 0 saturated heterocycles. The average Bonchev–Trinajstić information content (AvgIpc) is 2.54. The number of hydrogen-bond acceptors (Lipinski definition) is 3. The molecule has 0 atom stereocenters. The maximum Gasteiger partial charge on any atom is 0.257 e. The van der Waals surface area contributed by atoms with Gasteiger partial charge in [-0.2, -0.15) is 0 Å². The van der Waals surface area contributed by atoms with E-state index in [9.17, 15) is 13.6 Å². The highest BCUT2D eigenvalue weighted by Gasteiger charge is 2.24. The number of anilines is 1. The van der Waals surface area contributed by atoms with Gasteiger partial charge < -0.3 is 15.0 Å². The maximum atomic E-state index is 13.9. The number of halogens is 2. The topological polar surface area (TPSA) is 41.6 Å². The first kappa shape index (κ1) is 15.4. The Labute approximate surface area is 132 Å². The summed E-state index contributed by atoms with van der Waals surface area (Å²) in [4.78, 5) is 14.0. The molecule has 4 nitrogen and oxygen atoms in total. The number of ether oxygens (including phenoxy) is 1. The van der Waals surface area contributed by atoms with Crippen molar-refractivity contribution in [3.63, 3.8) is 0 Å². The van der Waals surface area contributed by atoms with Gasteiger partial charge in [-0.3, -0.25) is 4.79 Å². The average molecular weight is 318 g/mol. The quantitative estimate of drug-likeness (QED) is 0.942. The number of carbonyl (C=O) groups is 1. The summed E-state index contributed by atoms with van der Waals surface area (Å²) in [6.07, 6.45) is 0. The minimum absolute atomic E-state index is 0.0913. The van der Waals surface area contributed by atoms with Crippen LogP contribution in [0.15, 0.2) is 36.4 Å². The number of benzene rings is 2. The molecule has 1 aliphatic heterocycles. The van der Waals surface area contributed by atoms with Crippen molar-refractivity contribution in [2.24, 2.45) is 0 Å². The van der Waals surface area contributed by atoms with Crippen LogP contribution >= 0.6 is 0 Å². The lowest BCUT2D eigenvalue weighted by Gasteiger charge is -2.29. The van der Waals surface area contributed by atoms with E-state index >= 15 is 0 Å². The normalized spacial score (nSPS) is 13.7. The molecule has 0 unspecified atom stereocenters. The number of nitrogens with one attached hydrogen (secondary N) is 1. The monoisotopic (exact) mass is 318 g/mol. The van der Waals surface area contributed by atoms with Gasteiger partial charge in [0.25, 0.3) is 5.91 Å². The van der Waals surface area contributed by atoms with Crippen molar-refractivity contribution in [1.82, 2.24) is 4.90 Å². The summed E-state index contributed by atoms with van der Waals surface area (Å²) >= 11 is 0. The van der Waals surface area contributed by atoms with Crippen LogP contribution in [0.1, 0.15) is 10.4 Å². The molecule has 120 valence electrons. The van der Waals surface area contributed by atoms with Crippen LogP contribution in [-0.4, -0.2) is 37.7 Å². The van der Waals surface area contributed by atoms with Gasteiger partial charge in [-0.1, -0.05) is 12.1 Å². The Morgan fingerprint density at radius 3 is 2.65 bits per heavy atom. The van der Waals surface area contributed by atoms with Gasteiger partial charge in [0.1, 0.15) is 11.6 Å². The smallest absolute Gasteiger partial charge is 0.257 e. The predicted molar refractivity (Wildman–Crippen MR) is 83.2 cm³/mol. The predicted octanol–water partition coefficient (Wildman–Crippen LogP) is 3.10. The van der Waals surface area contributed by atoms with Crippen LogP contribution in [0.25, 0.3) is 11.1 Å². The van der Waals surface area contributed by atoms with E-state index in [1.54, 1.807) is 30.2 Å². The molecule has 0 fully saturated rings. The van der Waals surface area contributed by atoms with E-state index in [1.165, 1.54) is 18.2 Å². The highest BCUT2D eigenvalue weighted by Crippen LogP contribution is 2.31. The zero-order chi connectivity index (χ0) is 16.4. The third-order valence-corrected chi connectivity index (χ3v) is 3.81. The molecule has 0 saturated carbocycles. The Morgan fingerprint density at radius 2 is 1.96 bits per heavy atom. The molecule has 1 heterocycles. The van der Waals surface area contributed by atoms with Crippen molar-refractivity contribution in [1.29, 1.82) is 0 Å². The first-order chi connectivity index (χ1) is 11.1. The summed E-state index contributed by atoms with van der Waals surface area (Å²) in [6, 6.07) is 8.49. The van der Waals surface area contributed by atoms with Gasteiger partial charge in [-0.15, -0.1) is 0 Å². The Hall–Kier alpha value is -2.47. The number of carbonyl (C=O) groups excluding carboxylic acids is 1. The Bertz CT molecular complexity index is 729. The Kier molecular flexibility index (Phi) is 4.25. The number of nitrogens with zero attached hydrogens (tertiary/aromatic N) is 1. The molecule has 0 spiro atoms. The lowest BCUT2D eigenvalue weighted by atomic mass is 10.00. The number of fused-ring (bicyclic) bond motifs is 1. The summed E-state index contributed by atoms with van der Waals surface area (Å²) in [7, 11) is 1.57. The number of rotatable bonds is 4. The van der Waals surface area contributed by atoms with Gasteiger partial charge in [-0.25, -0.2) is 8.78 Å². The molecule has 0 radical (unpaired) electrons. The molecule has 23 heavy (non-hydrogen) atoms. The Morgan fingerprint density at radius 1 is 1.22 bits per heavy atom. The lowest BCUT2D eigenvalue weighted by molar-refractivity contribution is 0.0700. The van der Waals surface area contributed by atoms with Crippen molar-refractivity contribution in [3.8, 4) is 11.1 Å². The van der Waals surface area contributed by atoms with Crippen molar-refractivity contribution in [2.45, 2.75) is 0 Å². The van der Waals surface area contributed by atoms with Crippen LogP contribution in [0.3, 0.4) is 0 Å². The number of methoxy groups -OCH3 is 1. The molecule has 6 heteroatoms. The molecule has 1 amide bonds. The van der Waals surface area contributed by atoms with Gasteiger partial charge in [0.2, 0.25) is 0 Å². The fraction of sp³-hybridized carbons (Fsp3) is 0.235. The van der Waals surface area contributed by atoms with Gasteiger partial charge in [0.05, 0.1) is 24.4 Å². The molecule has 3 rings (SSSR count). The van der Waals surface area contributed by atoms with Crippen LogP contribution in [0.4, 0.5) is 14.5 Å². The third-order valence-electron chi connectivity index (χ3n) is 3.81. The minimum atomic E-state index is -0.631. The van der Waals surface area contributed by atoms with Crippen molar-refractivity contribution in [2.75, 3.05) is 32.2 Å². The van der Waals surface area contributed by atoms with E-state index in [-0.39, 0.29) is 11.5 Å². The molecular formula is C17H16F2N2O2. The summed E-state index contributed by atoms with van der Waals surface area (Å²) < 4.78 is 32.8. The van der Waals surface area contributed by atoms with E-state index < -0.39 is 11.6 Å². The molecule has 2 aromatic carbocycles. The van der Waals surface area contributed by atoms with E-state index in [0.717, 1.165) is 0 Å². The van der Waals surface area contributed by atoms with Gasteiger partial charge in [0, 0.05) is 19.3 Å². The second-order valence-corrected chi connectivity index (χ2v) is 5.25. The molecule has 2 aromatic rings. The zero-order valence-corrected chi connectivity index (χ0v) is 12.6. The van der Waals surface area contributed by atoms with Gasteiger partial charge in [-0.05, 0) is 29.8 Å². The maximum absolute atomic E-state index is 13.9. The van der Waals surface area contributed by atoms with Crippen molar-refractivity contribution >= 4 is 11.6 Å². The number of amides is 1. The van der Waals surface area contributed by atoms with Crippen LogP contribution < -0.4 is 5.32 Å². The van der Waals surface area contributed by atoms with Gasteiger partial charge >= 0.3 is 0 Å². The molecule has 1 aliphatic rings. The molecule has 0 aromatic heterocycles. The second kappa shape index (κ2) is 6.34. The van der Waals surface area contributed by atoms with E-state index in [2.05, 4.69) is 5.32 Å². The summed E-state index contributed by atoms with van der Waals surface area (Å²) in [5, 5.41) is 3.11. The molecule has 1 N–H and O–H groups in total. The first-order valence-electron chi connectivity index (χ1n) is 7.22.